The van der Waals surface area contributed by atoms with Gasteiger partial charge in [0.15, 0.2) is 0 Å². The Morgan fingerprint density at radius 1 is 0.760 bits per heavy atom. The molecule has 4 aliphatic carbocycles. The maximum atomic E-state index is 4.02. The molecule has 0 heterocycles. The van der Waals surface area contributed by atoms with Crippen LogP contribution in [0.3, 0.4) is 0 Å². The van der Waals surface area contributed by atoms with Crippen LogP contribution in [0.5, 0.6) is 0 Å². The van der Waals surface area contributed by atoms with Crippen molar-refractivity contribution in [3.8, 4) is 0 Å². The second kappa shape index (κ2) is 7.91. The lowest BCUT2D eigenvalue weighted by Gasteiger charge is -2.47. The molecule has 5 atom stereocenters. The van der Waals surface area contributed by atoms with Crippen LogP contribution < -0.4 is 0 Å². The molecule has 0 N–H and O–H groups in total. The zero-order valence-electron chi connectivity index (χ0n) is 16.9. The van der Waals surface area contributed by atoms with Crippen molar-refractivity contribution in [2.75, 3.05) is 0 Å². The summed E-state index contributed by atoms with van der Waals surface area (Å²) in [4.78, 5) is 0. The zero-order chi connectivity index (χ0) is 17.3. The Morgan fingerprint density at radius 3 is 1.76 bits per heavy atom. The van der Waals surface area contributed by atoms with Crippen molar-refractivity contribution in [3.63, 3.8) is 0 Å². The quantitative estimate of drug-likeness (QED) is 0.256. The molecular formula is C24H42Si. The van der Waals surface area contributed by atoms with Gasteiger partial charge in [0, 0.05) is 0 Å². The molecule has 5 unspecified atom stereocenters. The van der Waals surface area contributed by atoms with Crippen molar-refractivity contribution >= 4 is 8.07 Å². The average molecular weight is 359 g/mol. The van der Waals surface area contributed by atoms with Crippen LogP contribution in [0.2, 0.25) is 23.7 Å². The summed E-state index contributed by atoms with van der Waals surface area (Å²) in [7, 11) is -1.18. The maximum Gasteiger partial charge on any atom is 0.0572 e. The molecule has 0 bridgehead atoms. The molecule has 142 valence electrons. The second-order valence-corrected chi connectivity index (χ2v) is 15.4. The highest BCUT2D eigenvalue weighted by Gasteiger charge is 2.58. The van der Waals surface area contributed by atoms with Gasteiger partial charge >= 0.3 is 0 Å². The van der Waals surface area contributed by atoms with E-state index in [0.29, 0.717) is 0 Å². The van der Waals surface area contributed by atoms with E-state index in [1.165, 1.54) is 23.9 Å². The number of hydrogen-bond acceptors (Lipinski definition) is 0. The first kappa shape index (κ1) is 18.3. The van der Waals surface area contributed by atoms with Crippen LogP contribution >= 0.6 is 0 Å². The molecule has 0 aromatic rings. The summed E-state index contributed by atoms with van der Waals surface area (Å²) in [5.74, 6) is 4.61. The number of hydrogen-bond donors (Lipinski definition) is 0. The highest BCUT2D eigenvalue weighted by molar-refractivity contribution is 6.81. The minimum Gasteiger partial charge on any atom is -0.103 e. The first-order chi connectivity index (χ1) is 12.3. The molecule has 4 aliphatic rings. The van der Waals surface area contributed by atoms with Crippen molar-refractivity contribution in [3.05, 3.63) is 12.7 Å². The normalized spacial score (nSPS) is 41.1. The largest absolute Gasteiger partial charge is 0.103 e. The SMILES string of the molecule is C=CCCC[Si](C)(C1CCCC1)C1C2CCCCC2C2CCCCC21. The predicted molar refractivity (Wildman–Crippen MR) is 113 cm³/mol. The van der Waals surface area contributed by atoms with Crippen molar-refractivity contribution < 1.29 is 0 Å². The fourth-order valence-corrected chi connectivity index (χ4v) is 15.2. The monoisotopic (exact) mass is 358 g/mol. The minimum atomic E-state index is -1.18. The summed E-state index contributed by atoms with van der Waals surface area (Å²) in [6, 6.07) is 1.63. The van der Waals surface area contributed by atoms with Gasteiger partial charge in [-0.2, -0.15) is 0 Å². The van der Waals surface area contributed by atoms with Gasteiger partial charge in [-0.1, -0.05) is 89.3 Å². The third-order valence-corrected chi connectivity index (χ3v) is 15.6. The Morgan fingerprint density at radius 2 is 1.24 bits per heavy atom. The highest BCUT2D eigenvalue weighted by Crippen LogP contribution is 2.66. The van der Waals surface area contributed by atoms with Crippen molar-refractivity contribution in [1.82, 2.24) is 0 Å². The van der Waals surface area contributed by atoms with E-state index in [4.69, 9.17) is 0 Å². The van der Waals surface area contributed by atoms with Crippen LogP contribution in [0.1, 0.15) is 89.9 Å². The van der Waals surface area contributed by atoms with E-state index in [1.807, 2.05) is 0 Å². The van der Waals surface area contributed by atoms with Crippen LogP contribution in [0.15, 0.2) is 12.7 Å². The van der Waals surface area contributed by atoms with Crippen LogP contribution in [0.4, 0.5) is 0 Å². The number of rotatable bonds is 6. The topological polar surface area (TPSA) is 0 Å². The van der Waals surface area contributed by atoms with Crippen LogP contribution in [-0.2, 0) is 0 Å². The van der Waals surface area contributed by atoms with Gasteiger partial charge < -0.3 is 0 Å². The number of unbranched alkanes of at least 4 members (excludes halogenated alkanes) is 1. The van der Waals surface area contributed by atoms with E-state index in [2.05, 4.69) is 19.2 Å². The summed E-state index contributed by atoms with van der Waals surface area (Å²) in [6.07, 6.45) is 23.8. The van der Waals surface area contributed by atoms with Gasteiger partial charge in [-0.05, 0) is 54.0 Å². The summed E-state index contributed by atoms with van der Waals surface area (Å²) in [5.41, 5.74) is 2.38. The molecule has 4 fully saturated rings. The lowest BCUT2D eigenvalue weighted by atomic mass is 9.73. The molecule has 25 heavy (non-hydrogen) atoms. The van der Waals surface area contributed by atoms with Crippen molar-refractivity contribution in [1.29, 1.82) is 0 Å². The fraction of sp³-hybridized carbons (Fsp3) is 0.917. The molecular weight excluding hydrogens is 316 g/mol. The Hall–Kier alpha value is -0.0431. The number of allylic oxidation sites excluding steroid dienone is 1. The lowest BCUT2D eigenvalue weighted by molar-refractivity contribution is 0.184. The molecule has 0 saturated heterocycles. The molecule has 0 aliphatic heterocycles. The predicted octanol–water partition coefficient (Wildman–Crippen LogP) is 7.97. The maximum absolute atomic E-state index is 4.02. The van der Waals surface area contributed by atoms with Gasteiger partial charge in [-0.15, -0.1) is 6.58 Å². The standard InChI is InChI=1S/C24H42Si/c1-3-4-11-18-25(2,19-12-5-6-13-19)24-22-16-9-7-14-20(22)21-15-8-10-17-23(21)24/h3,19-24H,1,4-18H2,2H3. The van der Waals surface area contributed by atoms with Gasteiger partial charge in [-0.3, -0.25) is 0 Å². The van der Waals surface area contributed by atoms with E-state index < -0.39 is 8.07 Å². The highest BCUT2D eigenvalue weighted by atomic mass is 28.3. The Balaban J connectivity index is 1.64. The Labute approximate surface area is 158 Å². The molecule has 0 nitrogen and oxygen atoms in total. The van der Waals surface area contributed by atoms with Gasteiger partial charge in [0.05, 0.1) is 8.07 Å². The van der Waals surface area contributed by atoms with Gasteiger partial charge in [0.25, 0.3) is 0 Å². The number of fused-ring (bicyclic) bond motifs is 3. The van der Waals surface area contributed by atoms with E-state index >= 15 is 0 Å². The van der Waals surface area contributed by atoms with E-state index in [0.717, 1.165) is 23.7 Å². The Bertz CT molecular complexity index is 429. The minimum absolute atomic E-state index is 1.15. The van der Waals surface area contributed by atoms with Crippen LogP contribution in [0.25, 0.3) is 0 Å². The molecule has 1 heteroatoms. The van der Waals surface area contributed by atoms with E-state index in [9.17, 15) is 0 Å². The lowest BCUT2D eigenvalue weighted by Crippen LogP contribution is -2.45. The van der Waals surface area contributed by atoms with Gasteiger partial charge in [0.1, 0.15) is 0 Å². The third-order valence-electron chi connectivity index (χ3n) is 9.40. The van der Waals surface area contributed by atoms with Gasteiger partial charge in [-0.25, -0.2) is 0 Å². The summed E-state index contributed by atoms with van der Waals surface area (Å²) in [5, 5.41) is 0. The first-order valence-corrected chi connectivity index (χ1v) is 14.7. The zero-order valence-corrected chi connectivity index (χ0v) is 17.9. The fourth-order valence-electron chi connectivity index (χ4n) is 8.48. The summed E-state index contributed by atoms with van der Waals surface area (Å²) < 4.78 is 0. The third kappa shape index (κ3) is 3.32. The molecule has 4 rings (SSSR count). The van der Waals surface area contributed by atoms with Crippen molar-refractivity contribution in [2.45, 2.75) is 114 Å². The summed E-state index contributed by atoms with van der Waals surface area (Å²) in [6.45, 7) is 6.94. The molecule has 0 amide bonds. The Kier molecular flexibility index (Phi) is 5.80. The molecule has 0 aromatic carbocycles. The van der Waals surface area contributed by atoms with E-state index in [-0.39, 0.29) is 0 Å². The van der Waals surface area contributed by atoms with Crippen molar-refractivity contribution in [2.24, 2.45) is 23.7 Å². The van der Waals surface area contributed by atoms with Gasteiger partial charge in [0.2, 0.25) is 0 Å². The second-order valence-electron chi connectivity index (χ2n) is 10.4. The molecule has 0 spiro atoms. The molecule has 0 aromatic heterocycles. The average Bonchev–Trinajstić information content (AvgIpc) is 3.29. The van der Waals surface area contributed by atoms with Crippen LogP contribution in [-0.4, -0.2) is 8.07 Å². The van der Waals surface area contributed by atoms with Crippen LogP contribution in [0, 0.1) is 23.7 Å². The van der Waals surface area contributed by atoms with E-state index in [1.54, 1.807) is 83.1 Å². The first-order valence-electron chi connectivity index (χ1n) is 11.9. The summed E-state index contributed by atoms with van der Waals surface area (Å²) >= 11 is 0. The smallest absolute Gasteiger partial charge is 0.0572 e. The molecule has 4 saturated carbocycles. The molecule has 0 radical (unpaired) electrons.